The molecule has 0 unspecified atom stereocenters. The van der Waals surface area contributed by atoms with Crippen molar-refractivity contribution >= 4 is 61.3 Å². The van der Waals surface area contributed by atoms with Crippen molar-refractivity contribution in [1.82, 2.24) is 9.66 Å². The summed E-state index contributed by atoms with van der Waals surface area (Å²) in [7, 11) is 0. The molecule has 43 heavy (non-hydrogen) atoms. The number of ether oxygens (including phenoxy) is 1. The highest BCUT2D eigenvalue weighted by molar-refractivity contribution is 9.10. The van der Waals surface area contributed by atoms with E-state index >= 15 is 0 Å². The summed E-state index contributed by atoms with van der Waals surface area (Å²) in [5, 5.41) is 27.4. The van der Waals surface area contributed by atoms with Crippen LogP contribution in [0.4, 0.5) is 5.69 Å². The Balaban J connectivity index is 1.50. The van der Waals surface area contributed by atoms with E-state index in [4.69, 9.17) is 20.8 Å². The largest absolute Gasteiger partial charge is 0.481 e. The van der Waals surface area contributed by atoms with Crippen molar-refractivity contribution in [3.05, 3.63) is 132 Å². The Morgan fingerprint density at radius 3 is 2.72 bits per heavy atom. The van der Waals surface area contributed by atoms with Crippen LogP contribution in [0, 0.1) is 21.4 Å². The predicted octanol–water partition coefficient (Wildman–Crippen LogP) is 7.47. The Hall–Kier alpha value is -5.31. The minimum absolute atomic E-state index is 0.0913. The average molecular weight is 655 g/mol. The van der Waals surface area contributed by atoms with Crippen LogP contribution in [-0.2, 0) is 6.61 Å². The van der Waals surface area contributed by atoms with E-state index in [9.17, 15) is 20.2 Å². The van der Waals surface area contributed by atoms with Crippen LogP contribution in [-0.4, -0.2) is 20.8 Å². The smallest absolute Gasteiger partial charge is 0.312 e. The Kier molecular flexibility index (Phi) is 7.46. The van der Waals surface area contributed by atoms with Gasteiger partial charge >= 0.3 is 5.69 Å². The summed E-state index contributed by atoms with van der Waals surface area (Å²) in [4.78, 5) is 29.8. The Morgan fingerprint density at radius 1 is 1.12 bits per heavy atom. The molecule has 210 valence electrons. The number of hydrogen-bond donors (Lipinski definition) is 0. The molecule has 0 aliphatic rings. The molecular formula is C31H17BrClN5O5. The second-order valence-electron chi connectivity index (χ2n) is 9.26. The van der Waals surface area contributed by atoms with Gasteiger partial charge in [-0.1, -0.05) is 57.9 Å². The maximum absolute atomic E-state index is 13.7. The molecular weight excluding hydrogens is 638 g/mol. The maximum Gasteiger partial charge on any atom is 0.312 e. The van der Waals surface area contributed by atoms with Crippen molar-refractivity contribution in [2.24, 2.45) is 5.10 Å². The van der Waals surface area contributed by atoms with E-state index in [-0.39, 0.29) is 35.2 Å². The van der Waals surface area contributed by atoms with E-state index in [1.165, 1.54) is 12.3 Å². The quantitative estimate of drug-likeness (QED) is 0.0989. The maximum atomic E-state index is 13.7. The van der Waals surface area contributed by atoms with Crippen LogP contribution in [0.15, 0.2) is 104 Å². The monoisotopic (exact) mass is 653 g/mol. The molecule has 2 heterocycles. The van der Waals surface area contributed by atoms with E-state index < -0.39 is 10.5 Å². The number of nitro groups is 1. The van der Waals surface area contributed by atoms with Crippen LogP contribution in [0.1, 0.15) is 16.7 Å². The molecule has 0 aliphatic heterocycles. The first-order chi connectivity index (χ1) is 20.8. The summed E-state index contributed by atoms with van der Waals surface area (Å²) in [5.41, 5.74) is 1.29. The molecule has 0 saturated heterocycles. The van der Waals surface area contributed by atoms with E-state index in [2.05, 4.69) is 32.1 Å². The van der Waals surface area contributed by atoms with Crippen LogP contribution in [0.3, 0.4) is 0 Å². The van der Waals surface area contributed by atoms with Gasteiger partial charge in [-0.3, -0.25) is 14.9 Å². The first kappa shape index (κ1) is 27.8. The number of nitro benzene ring substituents is 1. The lowest BCUT2D eigenvalue weighted by Gasteiger charge is -2.12. The molecule has 2 aromatic heterocycles. The van der Waals surface area contributed by atoms with Gasteiger partial charge in [-0.15, -0.1) is 0 Å². The predicted molar refractivity (Wildman–Crippen MR) is 165 cm³/mol. The molecule has 6 aromatic rings. The molecule has 10 nitrogen and oxygen atoms in total. The number of halogens is 2. The Bertz CT molecular complexity index is 2200. The lowest BCUT2D eigenvalue weighted by atomic mass is 10.1. The molecule has 12 heteroatoms. The van der Waals surface area contributed by atoms with Crippen molar-refractivity contribution in [2.45, 2.75) is 6.61 Å². The zero-order valence-electron chi connectivity index (χ0n) is 21.9. The number of nitrogens with zero attached hydrogens (tertiary/aromatic N) is 5. The summed E-state index contributed by atoms with van der Waals surface area (Å²) in [6.07, 6.45) is 1.28. The van der Waals surface area contributed by atoms with Gasteiger partial charge in [0.15, 0.2) is 5.76 Å². The summed E-state index contributed by atoms with van der Waals surface area (Å²) in [6.45, 7) is -0.114. The molecule has 0 radical (unpaired) electrons. The van der Waals surface area contributed by atoms with Crippen molar-refractivity contribution in [1.29, 1.82) is 5.26 Å². The van der Waals surface area contributed by atoms with Crippen LogP contribution in [0.5, 0.6) is 5.75 Å². The van der Waals surface area contributed by atoms with E-state index in [0.29, 0.717) is 42.5 Å². The number of aromatic nitrogens is 2. The van der Waals surface area contributed by atoms with Gasteiger partial charge in [-0.25, -0.2) is 4.98 Å². The summed E-state index contributed by atoms with van der Waals surface area (Å²) in [6, 6.07) is 25.4. The van der Waals surface area contributed by atoms with E-state index in [1.807, 2.05) is 0 Å². The second kappa shape index (κ2) is 11.5. The van der Waals surface area contributed by atoms with Gasteiger partial charge in [-0.05, 0) is 48.5 Å². The normalized spacial score (nSPS) is 11.3. The van der Waals surface area contributed by atoms with Crippen molar-refractivity contribution in [3.63, 3.8) is 0 Å². The van der Waals surface area contributed by atoms with Crippen LogP contribution in [0.25, 0.3) is 33.5 Å². The molecule has 0 atom stereocenters. The highest BCUT2D eigenvalue weighted by atomic mass is 79.9. The van der Waals surface area contributed by atoms with Gasteiger partial charge < -0.3 is 9.15 Å². The molecule has 0 saturated carbocycles. The van der Waals surface area contributed by atoms with E-state index in [0.717, 1.165) is 4.68 Å². The number of rotatable bonds is 7. The van der Waals surface area contributed by atoms with Gasteiger partial charge in [0.1, 0.15) is 12.2 Å². The third-order valence-electron chi connectivity index (χ3n) is 6.53. The third kappa shape index (κ3) is 5.49. The Labute approximate surface area is 256 Å². The molecule has 0 spiro atoms. The molecule has 0 bridgehead atoms. The zero-order valence-corrected chi connectivity index (χ0v) is 24.2. The van der Waals surface area contributed by atoms with Gasteiger partial charge in [0.05, 0.1) is 33.7 Å². The highest BCUT2D eigenvalue weighted by Gasteiger charge is 2.22. The van der Waals surface area contributed by atoms with Crippen LogP contribution >= 0.6 is 27.5 Å². The highest BCUT2D eigenvalue weighted by Crippen LogP contribution is 2.35. The Morgan fingerprint density at radius 2 is 1.91 bits per heavy atom. The summed E-state index contributed by atoms with van der Waals surface area (Å²) in [5.74, 6) is 0.288. The first-order valence-electron chi connectivity index (χ1n) is 12.7. The fraction of sp³-hybridized carbons (Fsp3) is 0.0323. The van der Waals surface area contributed by atoms with E-state index in [1.54, 1.807) is 78.9 Å². The third-order valence-corrected chi connectivity index (χ3v) is 7.23. The molecule has 0 fully saturated rings. The molecule has 0 aliphatic carbocycles. The number of benzene rings is 4. The molecule has 0 amide bonds. The minimum atomic E-state index is -0.581. The standard InChI is InChI=1S/C31H17BrClN5O5/c32-22-11-21(29(26(14-22)38(40)41)42-17-19-6-2-1-5-18(19)15-34)16-35-37-30(36-25-8-4-3-7-24(25)31(37)39)28-13-20-12-23(33)9-10-27(20)43-28/h1-14,16H,17H2. The number of fused-ring (bicyclic) bond motifs is 2. The molecule has 4 aromatic carbocycles. The average Bonchev–Trinajstić information content (AvgIpc) is 3.43. The van der Waals surface area contributed by atoms with Crippen molar-refractivity contribution < 1.29 is 14.1 Å². The SMILES string of the molecule is N#Cc1ccccc1COc1c(C=Nn2c(-c3cc4cc(Cl)ccc4o3)nc3ccccc3c2=O)cc(Br)cc1[N+](=O)[O-]. The van der Waals surface area contributed by atoms with Gasteiger partial charge in [0, 0.05) is 32.1 Å². The van der Waals surface area contributed by atoms with Gasteiger partial charge in [0.2, 0.25) is 11.6 Å². The lowest BCUT2D eigenvalue weighted by molar-refractivity contribution is -0.386. The van der Waals surface area contributed by atoms with Crippen LogP contribution < -0.4 is 10.3 Å². The number of furan rings is 1. The summed E-state index contributed by atoms with van der Waals surface area (Å²) < 4.78 is 13.4. The fourth-order valence-corrected chi connectivity index (χ4v) is 5.17. The number of nitriles is 1. The first-order valence-corrected chi connectivity index (χ1v) is 13.8. The van der Waals surface area contributed by atoms with Crippen molar-refractivity contribution in [2.75, 3.05) is 0 Å². The van der Waals surface area contributed by atoms with Gasteiger partial charge in [0.25, 0.3) is 5.56 Å². The minimum Gasteiger partial charge on any atom is -0.481 e. The number of hydrogen-bond acceptors (Lipinski definition) is 8. The topological polar surface area (TPSA) is 137 Å². The summed E-state index contributed by atoms with van der Waals surface area (Å²) >= 11 is 9.47. The molecule has 6 rings (SSSR count). The van der Waals surface area contributed by atoms with Gasteiger partial charge in [-0.2, -0.15) is 15.0 Å². The molecule has 0 N–H and O–H groups in total. The number of para-hydroxylation sites is 1. The lowest BCUT2D eigenvalue weighted by Crippen LogP contribution is -2.20. The van der Waals surface area contributed by atoms with Crippen molar-refractivity contribution in [3.8, 4) is 23.4 Å². The zero-order chi connectivity index (χ0) is 30.1. The van der Waals surface area contributed by atoms with Crippen LogP contribution in [0.2, 0.25) is 5.02 Å². The fourth-order valence-electron chi connectivity index (χ4n) is 4.53. The second-order valence-corrected chi connectivity index (χ2v) is 10.6.